The molecular weight excluding hydrogens is 446 g/mol. The number of rotatable bonds is 8. The fourth-order valence-electron chi connectivity index (χ4n) is 4.82. The maximum atomic E-state index is 12.4. The van der Waals surface area contributed by atoms with Gasteiger partial charge in [-0.15, -0.1) is 12.6 Å². The van der Waals surface area contributed by atoms with E-state index >= 15 is 0 Å². The number of fused-ring (bicyclic) bond motifs is 1. The van der Waals surface area contributed by atoms with Gasteiger partial charge in [-0.3, -0.25) is 9.58 Å². The van der Waals surface area contributed by atoms with Crippen LogP contribution in [0.2, 0.25) is 0 Å². The van der Waals surface area contributed by atoms with E-state index in [9.17, 15) is 9.59 Å². The van der Waals surface area contributed by atoms with E-state index < -0.39 is 0 Å². The summed E-state index contributed by atoms with van der Waals surface area (Å²) in [5, 5.41) is 8.19. The van der Waals surface area contributed by atoms with Crippen LogP contribution in [0.5, 0.6) is 0 Å². The Morgan fingerprint density at radius 2 is 2.03 bits per heavy atom. The molecule has 3 aromatic rings. The summed E-state index contributed by atoms with van der Waals surface area (Å²) in [6, 6.07) is 14.6. The zero-order valence-electron chi connectivity index (χ0n) is 19.9. The Morgan fingerprint density at radius 3 is 2.74 bits per heavy atom. The van der Waals surface area contributed by atoms with Crippen molar-refractivity contribution in [1.29, 1.82) is 0 Å². The van der Waals surface area contributed by atoms with Gasteiger partial charge in [-0.25, -0.2) is 4.79 Å². The SMILES string of the molecule is CNC(=O)N(CCC=O)c1nn(C)c2cc(C3CCN(CCc4cccc(S)c4)CC3)ccc12. The molecule has 0 bridgehead atoms. The minimum absolute atomic E-state index is 0.264. The molecule has 7 nitrogen and oxygen atoms in total. The third-order valence-corrected chi connectivity index (χ3v) is 7.01. The van der Waals surface area contributed by atoms with Gasteiger partial charge in [0.25, 0.3) is 0 Å². The Morgan fingerprint density at radius 1 is 1.24 bits per heavy atom. The zero-order chi connectivity index (χ0) is 24.1. The highest BCUT2D eigenvalue weighted by Gasteiger charge is 2.24. The molecule has 1 N–H and O–H groups in total. The molecule has 1 aromatic heterocycles. The second-order valence-corrected chi connectivity index (χ2v) is 9.44. The monoisotopic (exact) mass is 479 g/mol. The normalized spacial score (nSPS) is 14.9. The number of hydrogen-bond acceptors (Lipinski definition) is 5. The molecule has 34 heavy (non-hydrogen) atoms. The molecule has 1 fully saturated rings. The van der Waals surface area contributed by atoms with Crippen LogP contribution in [0, 0.1) is 0 Å². The van der Waals surface area contributed by atoms with Gasteiger partial charge in [0.15, 0.2) is 5.82 Å². The molecule has 2 amide bonds. The van der Waals surface area contributed by atoms with Crippen molar-refractivity contribution in [3.63, 3.8) is 0 Å². The van der Waals surface area contributed by atoms with E-state index in [1.807, 2.05) is 17.8 Å². The predicted octanol–water partition coefficient (Wildman–Crippen LogP) is 4.02. The molecule has 8 heteroatoms. The summed E-state index contributed by atoms with van der Waals surface area (Å²) in [6.45, 7) is 3.56. The minimum atomic E-state index is -0.264. The van der Waals surface area contributed by atoms with Crippen molar-refractivity contribution in [1.82, 2.24) is 20.0 Å². The van der Waals surface area contributed by atoms with Gasteiger partial charge in [-0.05, 0) is 73.7 Å². The van der Waals surface area contributed by atoms with Crippen LogP contribution in [0.1, 0.15) is 36.3 Å². The van der Waals surface area contributed by atoms with Crippen LogP contribution in [-0.2, 0) is 18.3 Å². The van der Waals surface area contributed by atoms with Gasteiger partial charge in [0, 0.05) is 43.9 Å². The molecule has 0 atom stereocenters. The van der Waals surface area contributed by atoms with E-state index in [0.29, 0.717) is 18.3 Å². The lowest BCUT2D eigenvalue weighted by Crippen LogP contribution is -2.39. The number of benzene rings is 2. The van der Waals surface area contributed by atoms with Gasteiger partial charge in [0.2, 0.25) is 0 Å². The van der Waals surface area contributed by atoms with Crippen molar-refractivity contribution < 1.29 is 9.59 Å². The topological polar surface area (TPSA) is 70.5 Å². The molecule has 0 aliphatic carbocycles. The Kier molecular flexibility index (Phi) is 7.90. The largest absolute Gasteiger partial charge is 0.341 e. The van der Waals surface area contributed by atoms with Gasteiger partial charge >= 0.3 is 6.03 Å². The number of anilines is 1. The number of urea groups is 1. The number of carbonyl (C=O) groups excluding carboxylic acids is 2. The Balaban J connectivity index is 1.43. The van der Waals surface area contributed by atoms with Crippen LogP contribution >= 0.6 is 12.6 Å². The van der Waals surface area contributed by atoms with Crippen molar-refractivity contribution >= 4 is 41.7 Å². The Bertz CT molecular complexity index is 1150. The number of aldehydes is 1. The summed E-state index contributed by atoms with van der Waals surface area (Å²) in [5.74, 6) is 1.11. The van der Waals surface area contributed by atoms with Gasteiger partial charge in [-0.1, -0.05) is 18.2 Å². The van der Waals surface area contributed by atoms with Gasteiger partial charge in [0.1, 0.15) is 6.29 Å². The number of nitrogens with zero attached hydrogens (tertiary/aromatic N) is 4. The predicted molar refractivity (Wildman–Crippen MR) is 139 cm³/mol. The third kappa shape index (κ3) is 5.45. The number of aryl methyl sites for hydroxylation is 1. The number of aromatic nitrogens is 2. The number of amides is 2. The Hall–Kier alpha value is -2.84. The summed E-state index contributed by atoms with van der Waals surface area (Å²) in [6.07, 6.45) is 4.40. The fourth-order valence-corrected chi connectivity index (χ4v) is 5.07. The average Bonchev–Trinajstić information content (AvgIpc) is 3.18. The minimum Gasteiger partial charge on any atom is -0.341 e. The maximum Gasteiger partial charge on any atom is 0.322 e. The number of carbonyl (C=O) groups is 2. The van der Waals surface area contributed by atoms with Crippen LogP contribution in [0.4, 0.5) is 10.6 Å². The zero-order valence-corrected chi connectivity index (χ0v) is 20.8. The molecule has 1 aliphatic rings. The van der Waals surface area contributed by atoms with Crippen molar-refractivity contribution in [2.24, 2.45) is 7.05 Å². The number of piperidine rings is 1. The molecule has 2 aromatic carbocycles. The summed E-state index contributed by atoms with van der Waals surface area (Å²) < 4.78 is 1.83. The lowest BCUT2D eigenvalue weighted by molar-refractivity contribution is -0.107. The van der Waals surface area contributed by atoms with E-state index in [4.69, 9.17) is 0 Å². The van der Waals surface area contributed by atoms with E-state index in [2.05, 4.69) is 64.3 Å². The van der Waals surface area contributed by atoms with Crippen LogP contribution in [0.15, 0.2) is 47.4 Å². The van der Waals surface area contributed by atoms with Crippen LogP contribution in [0.3, 0.4) is 0 Å². The molecule has 2 heterocycles. The van der Waals surface area contributed by atoms with Crippen molar-refractivity contribution in [3.8, 4) is 0 Å². The molecule has 180 valence electrons. The van der Waals surface area contributed by atoms with E-state index in [-0.39, 0.29) is 12.5 Å². The smallest absolute Gasteiger partial charge is 0.322 e. The highest BCUT2D eigenvalue weighted by atomic mass is 32.1. The lowest BCUT2D eigenvalue weighted by Gasteiger charge is -2.32. The van der Waals surface area contributed by atoms with Crippen LogP contribution in [-0.4, -0.2) is 60.2 Å². The summed E-state index contributed by atoms with van der Waals surface area (Å²) in [4.78, 5) is 28.4. The molecular formula is C26H33N5O2S. The summed E-state index contributed by atoms with van der Waals surface area (Å²) in [5.41, 5.74) is 3.66. The first-order valence-electron chi connectivity index (χ1n) is 11.9. The van der Waals surface area contributed by atoms with Crippen molar-refractivity contribution in [2.75, 3.05) is 38.1 Å². The quantitative estimate of drug-likeness (QED) is 0.378. The van der Waals surface area contributed by atoms with E-state index in [1.165, 1.54) is 16.0 Å². The van der Waals surface area contributed by atoms with Crippen LogP contribution in [0.25, 0.3) is 10.9 Å². The van der Waals surface area contributed by atoms with Crippen molar-refractivity contribution in [2.45, 2.75) is 36.5 Å². The lowest BCUT2D eigenvalue weighted by atomic mass is 9.89. The standard InChI is InChI=1S/C26H33N5O2S/c1-27-26(33)31(12-4-16-32)25-23-8-7-21(18-24(23)29(2)28-25)20-10-14-30(15-11-20)13-9-19-5-3-6-22(34)17-19/h3,5-8,16-18,20,34H,4,9-15H2,1-2H3,(H,27,33). The second kappa shape index (κ2) is 11.1. The number of thiol groups is 1. The van der Waals surface area contributed by atoms with Crippen molar-refractivity contribution in [3.05, 3.63) is 53.6 Å². The molecule has 0 saturated carbocycles. The highest BCUT2D eigenvalue weighted by molar-refractivity contribution is 7.80. The number of nitrogens with one attached hydrogen (secondary N) is 1. The molecule has 0 spiro atoms. The van der Waals surface area contributed by atoms with Gasteiger partial charge < -0.3 is 15.0 Å². The van der Waals surface area contributed by atoms with Gasteiger partial charge in [-0.2, -0.15) is 5.10 Å². The first-order valence-corrected chi connectivity index (χ1v) is 12.3. The highest BCUT2D eigenvalue weighted by Crippen LogP contribution is 2.33. The molecule has 1 saturated heterocycles. The molecule has 1 aliphatic heterocycles. The van der Waals surface area contributed by atoms with E-state index in [0.717, 1.165) is 61.0 Å². The summed E-state index contributed by atoms with van der Waals surface area (Å²) >= 11 is 4.45. The first kappa shape index (κ1) is 24.3. The first-order chi connectivity index (χ1) is 16.5. The van der Waals surface area contributed by atoms with E-state index in [1.54, 1.807) is 7.05 Å². The number of hydrogen-bond donors (Lipinski definition) is 2. The Labute approximate surface area is 206 Å². The maximum absolute atomic E-state index is 12.4. The van der Waals surface area contributed by atoms with Crippen LogP contribution < -0.4 is 10.2 Å². The second-order valence-electron chi connectivity index (χ2n) is 8.92. The average molecular weight is 480 g/mol. The fraction of sp³-hybridized carbons (Fsp3) is 0.423. The van der Waals surface area contributed by atoms with Gasteiger partial charge in [0.05, 0.1) is 5.52 Å². The summed E-state index contributed by atoms with van der Waals surface area (Å²) in [7, 11) is 3.49. The molecule has 0 unspecified atom stereocenters. The molecule has 0 radical (unpaired) electrons. The molecule has 4 rings (SSSR count). The third-order valence-electron chi connectivity index (χ3n) is 6.73. The number of likely N-dealkylation sites (tertiary alicyclic amines) is 1.